The van der Waals surface area contributed by atoms with Crippen LogP contribution in [0.4, 0.5) is 30.5 Å². The minimum absolute atomic E-state index is 0.00535. The Kier molecular flexibility index (Phi) is 6.99. The summed E-state index contributed by atoms with van der Waals surface area (Å²) >= 11 is 0. The number of aromatic nitrogens is 4. The van der Waals surface area contributed by atoms with Crippen LogP contribution in [-0.4, -0.2) is 53.0 Å². The van der Waals surface area contributed by atoms with Crippen molar-refractivity contribution in [2.75, 3.05) is 42.3 Å². The van der Waals surface area contributed by atoms with Gasteiger partial charge in [0, 0.05) is 51.1 Å². The van der Waals surface area contributed by atoms with Gasteiger partial charge in [-0.3, -0.25) is 4.79 Å². The quantitative estimate of drug-likeness (QED) is 0.558. The second kappa shape index (κ2) is 10.1. The molecule has 35 heavy (non-hydrogen) atoms. The number of hydrogen-bond acceptors (Lipinski definition) is 8. The maximum absolute atomic E-state index is 13.0. The lowest BCUT2D eigenvalue weighted by molar-refractivity contribution is -0.141. The number of anilines is 3. The summed E-state index contributed by atoms with van der Waals surface area (Å²) in [5.41, 5.74) is 0.283. The number of alkyl halides is 3. The first kappa shape index (κ1) is 24.2. The SMILES string of the molecule is CN(C)c1cccc(Oc2ncncc2NC(=O)C2CCN(c3nccc(C(F)(F)F)n3)CC2)c1. The van der Waals surface area contributed by atoms with E-state index in [-0.39, 0.29) is 23.7 Å². The molecule has 0 atom stereocenters. The summed E-state index contributed by atoms with van der Waals surface area (Å²) in [5, 5.41) is 2.82. The lowest BCUT2D eigenvalue weighted by Crippen LogP contribution is -2.39. The summed E-state index contributed by atoms with van der Waals surface area (Å²) in [6.45, 7) is 0.705. The lowest BCUT2D eigenvalue weighted by Gasteiger charge is -2.31. The van der Waals surface area contributed by atoms with Crippen LogP contribution in [0, 0.1) is 5.92 Å². The Bertz CT molecular complexity index is 1180. The van der Waals surface area contributed by atoms with Crippen LogP contribution >= 0.6 is 0 Å². The molecule has 12 heteroatoms. The molecule has 0 unspecified atom stereocenters. The van der Waals surface area contributed by atoms with Crippen molar-refractivity contribution in [3.8, 4) is 11.6 Å². The van der Waals surface area contributed by atoms with E-state index in [4.69, 9.17) is 4.74 Å². The van der Waals surface area contributed by atoms with Crippen molar-refractivity contribution >= 4 is 23.2 Å². The molecule has 0 aliphatic carbocycles. The maximum atomic E-state index is 13.0. The highest BCUT2D eigenvalue weighted by molar-refractivity contribution is 5.93. The van der Waals surface area contributed by atoms with Gasteiger partial charge in [-0.05, 0) is 31.0 Å². The van der Waals surface area contributed by atoms with Gasteiger partial charge < -0.3 is 19.9 Å². The van der Waals surface area contributed by atoms with Gasteiger partial charge in [-0.15, -0.1) is 0 Å². The molecule has 1 aliphatic rings. The van der Waals surface area contributed by atoms with E-state index in [1.54, 1.807) is 11.0 Å². The van der Waals surface area contributed by atoms with Crippen LogP contribution in [0.5, 0.6) is 11.6 Å². The number of nitrogens with one attached hydrogen (secondary N) is 1. The molecule has 1 amide bonds. The van der Waals surface area contributed by atoms with Gasteiger partial charge in [0.1, 0.15) is 23.5 Å². The number of piperidine rings is 1. The van der Waals surface area contributed by atoms with Crippen LogP contribution in [-0.2, 0) is 11.0 Å². The summed E-state index contributed by atoms with van der Waals surface area (Å²) in [6.07, 6.45) is 0.201. The highest BCUT2D eigenvalue weighted by Gasteiger charge is 2.34. The third kappa shape index (κ3) is 5.94. The predicted octanol–water partition coefficient (Wildman–Crippen LogP) is 4.00. The second-order valence-electron chi connectivity index (χ2n) is 8.23. The summed E-state index contributed by atoms with van der Waals surface area (Å²) in [5.74, 6) is 0.183. The van der Waals surface area contributed by atoms with Crippen molar-refractivity contribution in [2.24, 2.45) is 5.92 Å². The maximum Gasteiger partial charge on any atom is 0.433 e. The fourth-order valence-electron chi connectivity index (χ4n) is 3.66. The molecule has 2 aromatic heterocycles. The molecule has 3 heterocycles. The van der Waals surface area contributed by atoms with Crippen LogP contribution in [0.3, 0.4) is 0 Å². The first-order valence-electron chi connectivity index (χ1n) is 10.9. The Hall–Kier alpha value is -3.96. The molecule has 184 valence electrons. The number of nitrogens with zero attached hydrogens (tertiary/aromatic N) is 6. The van der Waals surface area contributed by atoms with Crippen LogP contribution in [0.2, 0.25) is 0 Å². The van der Waals surface area contributed by atoms with Crippen molar-refractivity contribution < 1.29 is 22.7 Å². The molecular formula is C23H24F3N7O2. The number of carbonyl (C=O) groups excluding carboxylic acids is 1. The zero-order chi connectivity index (χ0) is 25.0. The predicted molar refractivity (Wildman–Crippen MR) is 123 cm³/mol. The van der Waals surface area contributed by atoms with E-state index in [2.05, 4.69) is 25.3 Å². The molecule has 1 N–H and O–H groups in total. The molecule has 1 aromatic carbocycles. The Morgan fingerprint density at radius 2 is 1.94 bits per heavy atom. The molecule has 4 rings (SSSR count). The number of amides is 1. The topological polar surface area (TPSA) is 96.4 Å². The highest BCUT2D eigenvalue weighted by atomic mass is 19.4. The number of ether oxygens (including phenoxy) is 1. The molecule has 3 aromatic rings. The number of rotatable bonds is 6. The molecule has 1 aliphatic heterocycles. The minimum Gasteiger partial charge on any atom is -0.437 e. The van der Waals surface area contributed by atoms with E-state index < -0.39 is 11.9 Å². The fraction of sp³-hybridized carbons (Fsp3) is 0.348. The van der Waals surface area contributed by atoms with Gasteiger partial charge in [0.25, 0.3) is 0 Å². The molecular weight excluding hydrogens is 463 g/mol. The third-order valence-corrected chi connectivity index (χ3v) is 5.56. The van der Waals surface area contributed by atoms with Crippen LogP contribution in [0.1, 0.15) is 18.5 Å². The number of halogens is 3. The summed E-state index contributed by atoms with van der Waals surface area (Å²) in [6, 6.07) is 8.26. The smallest absolute Gasteiger partial charge is 0.433 e. The van der Waals surface area contributed by atoms with Crippen molar-refractivity contribution in [3.63, 3.8) is 0 Å². The number of hydrogen-bond donors (Lipinski definition) is 1. The molecule has 1 fully saturated rings. The van der Waals surface area contributed by atoms with Crippen LogP contribution < -0.4 is 19.9 Å². The monoisotopic (exact) mass is 487 g/mol. The Morgan fingerprint density at radius 3 is 2.66 bits per heavy atom. The standard InChI is InChI=1S/C23H24F3N7O2/c1-32(2)16-4-3-5-17(12-16)35-21-18(13-27-14-29-21)30-20(34)15-7-10-33(11-8-15)22-28-9-6-19(31-22)23(24,25)26/h3-6,9,12-15H,7-8,10-11H2,1-2H3,(H,30,34). The number of carbonyl (C=O) groups is 1. The van der Waals surface area contributed by atoms with Gasteiger partial charge >= 0.3 is 6.18 Å². The van der Waals surface area contributed by atoms with Crippen molar-refractivity contribution in [2.45, 2.75) is 19.0 Å². The van der Waals surface area contributed by atoms with E-state index in [0.717, 1.165) is 18.0 Å². The van der Waals surface area contributed by atoms with E-state index in [1.165, 1.54) is 12.5 Å². The van der Waals surface area contributed by atoms with Gasteiger partial charge in [-0.1, -0.05) is 6.07 Å². The van der Waals surface area contributed by atoms with E-state index in [1.807, 2.05) is 37.2 Å². The highest BCUT2D eigenvalue weighted by Crippen LogP contribution is 2.31. The Labute approximate surface area is 200 Å². The molecule has 0 saturated carbocycles. The van der Waals surface area contributed by atoms with Crippen molar-refractivity contribution in [1.29, 1.82) is 0 Å². The third-order valence-electron chi connectivity index (χ3n) is 5.56. The van der Waals surface area contributed by atoms with Crippen molar-refractivity contribution in [3.05, 3.63) is 54.7 Å². The van der Waals surface area contributed by atoms with Crippen LogP contribution in [0.25, 0.3) is 0 Å². The zero-order valence-electron chi connectivity index (χ0n) is 19.2. The molecule has 0 spiro atoms. The summed E-state index contributed by atoms with van der Waals surface area (Å²) in [4.78, 5) is 32.2. The van der Waals surface area contributed by atoms with Gasteiger partial charge in [0.05, 0.1) is 6.20 Å². The average Bonchev–Trinajstić information content (AvgIpc) is 2.85. The van der Waals surface area contributed by atoms with Gasteiger partial charge in [-0.25, -0.2) is 15.0 Å². The molecule has 0 radical (unpaired) electrons. The van der Waals surface area contributed by atoms with Crippen molar-refractivity contribution in [1.82, 2.24) is 19.9 Å². The van der Waals surface area contributed by atoms with Gasteiger partial charge in [-0.2, -0.15) is 18.2 Å². The molecule has 0 bridgehead atoms. The largest absolute Gasteiger partial charge is 0.437 e. The summed E-state index contributed by atoms with van der Waals surface area (Å²) in [7, 11) is 3.83. The number of benzene rings is 1. The lowest BCUT2D eigenvalue weighted by atomic mass is 9.96. The molecule has 1 saturated heterocycles. The van der Waals surface area contributed by atoms with E-state index in [9.17, 15) is 18.0 Å². The van der Waals surface area contributed by atoms with Gasteiger partial charge in [0.15, 0.2) is 0 Å². The first-order valence-corrected chi connectivity index (χ1v) is 10.9. The minimum atomic E-state index is -4.54. The second-order valence-corrected chi connectivity index (χ2v) is 8.23. The molecule has 9 nitrogen and oxygen atoms in total. The Balaban J connectivity index is 1.39. The Morgan fingerprint density at radius 1 is 1.17 bits per heavy atom. The van der Waals surface area contributed by atoms with E-state index >= 15 is 0 Å². The van der Waals surface area contributed by atoms with Gasteiger partial charge in [0.2, 0.25) is 17.7 Å². The average molecular weight is 487 g/mol. The summed E-state index contributed by atoms with van der Waals surface area (Å²) < 4.78 is 44.7. The first-order chi connectivity index (χ1) is 16.7. The fourth-order valence-corrected chi connectivity index (χ4v) is 3.66. The van der Waals surface area contributed by atoms with Crippen LogP contribution in [0.15, 0.2) is 49.1 Å². The van der Waals surface area contributed by atoms with E-state index in [0.29, 0.717) is 37.4 Å². The zero-order valence-corrected chi connectivity index (χ0v) is 19.2. The normalized spacial score (nSPS) is 14.5.